The first kappa shape index (κ1) is 53.3. The maximum absolute atomic E-state index is 12.6. The smallest absolute Gasteiger partial charge is 0.267 e. The minimum atomic E-state index is -4.35. The highest BCUT2D eigenvalue weighted by molar-refractivity contribution is 7.85. The lowest BCUT2D eigenvalue weighted by Crippen LogP contribution is -2.46. The van der Waals surface area contributed by atoms with Crippen molar-refractivity contribution in [1.29, 1.82) is 0 Å². The summed E-state index contributed by atoms with van der Waals surface area (Å²) in [5, 5.41) is 13.3. The summed E-state index contributed by atoms with van der Waals surface area (Å²) in [6.45, 7) is 4.53. The number of hydrogen-bond donors (Lipinski definition) is 3. The van der Waals surface area contributed by atoms with Gasteiger partial charge in [-0.15, -0.1) is 0 Å². The van der Waals surface area contributed by atoms with E-state index in [2.05, 4.69) is 55.6 Å². The van der Waals surface area contributed by atoms with Crippen molar-refractivity contribution in [1.82, 2.24) is 5.32 Å². The molecule has 3 N–H and O–H groups in total. The Bertz CT molecular complexity index is 1050. The van der Waals surface area contributed by atoms with Gasteiger partial charge in [0.1, 0.15) is 0 Å². The fourth-order valence-electron chi connectivity index (χ4n) is 6.99. The van der Waals surface area contributed by atoms with E-state index >= 15 is 0 Å². The SMILES string of the molecule is CCCCCCC/C=C\C/C=C\C/C=C\CCCCCCCCCCC(=O)NC(CS(=O)(=O)O)C(O)/C=C/CCCCCCCCCCCCCCCCC. The quantitative estimate of drug-likeness (QED) is 0.0324. The zero-order valence-electron chi connectivity index (χ0n) is 36.0. The predicted octanol–water partition coefficient (Wildman–Crippen LogP) is 14.2. The van der Waals surface area contributed by atoms with Gasteiger partial charge in [0.15, 0.2) is 0 Å². The van der Waals surface area contributed by atoms with Gasteiger partial charge in [-0.05, 0) is 57.8 Å². The molecule has 2 unspecified atom stereocenters. The Labute approximate surface area is 341 Å². The molecule has 0 radical (unpaired) electrons. The standard InChI is InChI=1S/C48H89NO5S/c1-3-5-7-9-11-13-15-17-19-21-22-23-24-25-26-28-30-32-34-36-38-40-42-44-48(51)49-46(45-55(52,53)54)47(50)43-41-39-37-35-33-31-29-27-20-18-16-14-12-10-8-6-4-2/h15,17,21-22,24-25,41,43,46-47,50H,3-14,16,18-20,23,26-40,42,44-45H2,1-2H3,(H,49,51)(H,52,53,54)/b17-15-,22-21-,25-24-,43-41+. The van der Waals surface area contributed by atoms with Crippen LogP contribution in [0.4, 0.5) is 0 Å². The number of carbonyl (C=O) groups is 1. The molecular weight excluding hydrogens is 703 g/mol. The minimum absolute atomic E-state index is 0.285. The van der Waals surface area contributed by atoms with Gasteiger partial charge < -0.3 is 10.4 Å². The predicted molar refractivity (Wildman–Crippen MR) is 239 cm³/mol. The molecule has 0 spiro atoms. The molecule has 2 atom stereocenters. The number of hydrogen-bond acceptors (Lipinski definition) is 4. The molecule has 0 aromatic rings. The second kappa shape index (κ2) is 41.9. The van der Waals surface area contributed by atoms with Crippen LogP contribution < -0.4 is 5.32 Å². The fraction of sp³-hybridized carbons (Fsp3) is 0.812. The van der Waals surface area contributed by atoms with E-state index in [1.807, 2.05) is 6.08 Å². The van der Waals surface area contributed by atoms with Crippen LogP contribution in [0.3, 0.4) is 0 Å². The van der Waals surface area contributed by atoms with Gasteiger partial charge in [0, 0.05) is 6.42 Å². The van der Waals surface area contributed by atoms with E-state index in [4.69, 9.17) is 0 Å². The van der Waals surface area contributed by atoms with Crippen LogP contribution in [-0.2, 0) is 14.9 Å². The second-order valence-electron chi connectivity index (χ2n) is 16.0. The third-order valence-electron chi connectivity index (χ3n) is 10.5. The molecule has 0 aliphatic carbocycles. The molecule has 0 rings (SSSR count). The Kier molecular flexibility index (Phi) is 40.6. The number of aliphatic hydroxyl groups excluding tert-OH is 1. The lowest BCUT2D eigenvalue weighted by molar-refractivity contribution is -0.122. The van der Waals surface area contributed by atoms with E-state index in [0.29, 0.717) is 0 Å². The summed E-state index contributed by atoms with van der Waals surface area (Å²) in [5.74, 6) is -0.986. The minimum Gasteiger partial charge on any atom is -0.387 e. The second-order valence-corrected chi connectivity index (χ2v) is 17.5. The van der Waals surface area contributed by atoms with Crippen LogP contribution in [0.5, 0.6) is 0 Å². The highest BCUT2D eigenvalue weighted by atomic mass is 32.2. The van der Waals surface area contributed by atoms with Crippen molar-refractivity contribution in [2.45, 2.75) is 244 Å². The first-order chi connectivity index (χ1) is 26.8. The topological polar surface area (TPSA) is 104 Å². The van der Waals surface area contributed by atoms with Gasteiger partial charge in [-0.3, -0.25) is 9.35 Å². The van der Waals surface area contributed by atoms with Crippen molar-refractivity contribution in [3.05, 3.63) is 48.6 Å². The van der Waals surface area contributed by atoms with Crippen LogP contribution in [0.2, 0.25) is 0 Å². The number of rotatable bonds is 42. The molecule has 0 heterocycles. The lowest BCUT2D eigenvalue weighted by atomic mass is 10.0. The summed E-state index contributed by atoms with van der Waals surface area (Å²) in [6.07, 6.45) is 56.7. The number of unbranched alkanes of at least 4 members (excludes halogenated alkanes) is 28. The molecule has 322 valence electrons. The number of carbonyl (C=O) groups excluding carboxylic acids is 1. The molecular formula is C48H89NO5S. The van der Waals surface area contributed by atoms with E-state index in [1.54, 1.807) is 6.08 Å². The number of amides is 1. The molecule has 0 aliphatic heterocycles. The summed E-state index contributed by atoms with van der Waals surface area (Å²) in [4.78, 5) is 12.6. The van der Waals surface area contributed by atoms with Crippen LogP contribution in [0.15, 0.2) is 48.6 Å². The van der Waals surface area contributed by atoms with E-state index in [9.17, 15) is 22.9 Å². The fourth-order valence-corrected chi connectivity index (χ4v) is 7.72. The summed E-state index contributed by atoms with van der Waals surface area (Å²) in [5.41, 5.74) is 0. The molecule has 0 bridgehead atoms. The Morgan fingerprint density at radius 3 is 1.20 bits per heavy atom. The van der Waals surface area contributed by atoms with E-state index in [1.165, 1.54) is 148 Å². The molecule has 0 aromatic carbocycles. The molecule has 6 nitrogen and oxygen atoms in total. The molecule has 0 aliphatic rings. The average molecular weight is 792 g/mol. The van der Waals surface area contributed by atoms with Crippen molar-refractivity contribution in [3.8, 4) is 0 Å². The van der Waals surface area contributed by atoms with Crippen molar-refractivity contribution >= 4 is 16.0 Å². The monoisotopic (exact) mass is 792 g/mol. The molecule has 0 saturated heterocycles. The van der Waals surface area contributed by atoms with Gasteiger partial charge >= 0.3 is 0 Å². The first-order valence-corrected chi connectivity index (χ1v) is 24.9. The molecule has 0 aromatic heterocycles. The molecule has 7 heteroatoms. The number of allylic oxidation sites excluding steroid dienone is 7. The maximum Gasteiger partial charge on any atom is 0.267 e. The summed E-state index contributed by atoms with van der Waals surface area (Å²) in [7, 11) is -4.35. The van der Waals surface area contributed by atoms with Gasteiger partial charge in [0.25, 0.3) is 10.1 Å². The Hall–Kier alpha value is -1.70. The van der Waals surface area contributed by atoms with E-state index < -0.39 is 28.0 Å². The van der Waals surface area contributed by atoms with Gasteiger partial charge in [-0.2, -0.15) is 8.42 Å². The summed E-state index contributed by atoms with van der Waals surface area (Å²) >= 11 is 0. The zero-order chi connectivity index (χ0) is 40.3. The van der Waals surface area contributed by atoms with Crippen LogP contribution in [0, 0.1) is 0 Å². The first-order valence-electron chi connectivity index (χ1n) is 23.3. The van der Waals surface area contributed by atoms with Crippen molar-refractivity contribution in [2.24, 2.45) is 0 Å². The maximum atomic E-state index is 12.6. The summed E-state index contributed by atoms with van der Waals surface area (Å²) in [6, 6.07) is -1.06. The number of nitrogens with one attached hydrogen (secondary N) is 1. The Balaban J connectivity index is 3.87. The largest absolute Gasteiger partial charge is 0.387 e. The molecule has 0 saturated carbocycles. The van der Waals surface area contributed by atoms with Crippen LogP contribution in [-0.4, -0.2) is 41.9 Å². The van der Waals surface area contributed by atoms with Crippen molar-refractivity contribution in [3.63, 3.8) is 0 Å². The normalized spacial score (nSPS) is 13.6. The van der Waals surface area contributed by atoms with E-state index in [-0.39, 0.29) is 12.3 Å². The van der Waals surface area contributed by atoms with Gasteiger partial charge in [-0.25, -0.2) is 0 Å². The van der Waals surface area contributed by atoms with Gasteiger partial charge in [0.05, 0.1) is 17.9 Å². The third kappa shape index (κ3) is 43.3. The average Bonchev–Trinajstić information content (AvgIpc) is 3.15. The third-order valence-corrected chi connectivity index (χ3v) is 11.3. The zero-order valence-corrected chi connectivity index (χ0v) is 36.9. The van der Waals surface area contributed by atoms with Gasteiger partial charge in [0.2, 0.25) is 5.91 Å². The Morgan fingerprint density at radius 1 is 0.491 bits per heavy atom. The van der Waals surface area contributed by atoms with Crippen LogP contribution >= 0.6 is 0 Å². The van der Waals surface area contributed by atoms with Gasteiger partial charge in [-0.1, -0.05) is 217 Å². The molecule has 55 heavy (non-hydrogen) atoms. The molecule has 0 fully saturated rings. The Morgan fingerprint density at radius 2 is 0.818 bits per heavy atom. The van der Waals surface area contributed by atoms with Crippen molar-refractivity contribution in [2.75, 3.05) is 5.75 Å². The van der Waals surface area contributed by atoms with Crippen LogP contribution in [0.1, 0.15) is 232 Å². The lowest BCUT2D eigenvalue weighted by Gasteiger charge is -2.21. The van der Waals surface area contributed by atoms with Crippen LogP contribution in [0.25, 0.3) is 0 Å². The number of aliphatic hydroxyl groups is 1. The van der Waals surface area contributed by atoms with Crippen molar-refractivity contribution < 1.29 is 22.9 Å². The highest BCUT2D eigenvalue weighted by Gasteiger charge is 2.24. The molecule has 1 amide bonds. The summed E-state index contributed by atoms with van der Waals surface area (Å²) < 4.78 is 32.6. The highest BCUT2D eigenvalue weighted by Crippen LogP contribution is 2.15. The van der Waals surface area contributed by atoms with E-state index in [0.717, 1.165) is 64.2 Å².